The van der Waals surface area contributed by atoms with Crippen molar-refractivity contribution < 1.29 is 19.4 Å². The van der Waals surface area contributed by atoms with Crippen LogP contribution < -0.4 is 4.74 Å². The Morgan fingerprint density at radius 3 is 2.41 bits per heavy atom. The second-order valence-corrected chi connectivity index (χ2v) is 6.60. The molecule has 1 amide bonds. The van der Waals surface area contributed by atoms with E-state index >= 15 is 0 Å². The summed E-state index contributed by atoms with van der Waals surface area (Å²) in [5.74, 6) is -0.0975. The van der Waals surface area contributed by atoms with Crippen molar-refractivity contribution in [3.05, 3.63) is 47.8 Å². The summed E-state index contributed by atoms with van der Waals surface area (Å²) >= 11 is 0. The molecule has 2 aromatic rings. The fourth-order valence-corrected chi connectivity index (χ4v) is 3.33. The first-order valence-electron chi connectivity index (χ1n) is 8.85. The minimum Gasteiger partial charge on any atom is -0.497 e. The number of ether oxygens (including phenoxy) is 1. The summed E-state index contributed by atoms with van der Waals surface area (Å²) in [4.78, 5) is 27.0. The molecule has 0 aliphatic carbocycles. The van der Waals surface area contributed by atoms with Crippen molar-refractivity contribution in [2.75, 3.05) is 33.3 Å². The van der Waals surface area contributed by atoms with Crippen molar-refractivity contribution in [2.24, 2.45) is 0 Å². The molecule has 1 aliphatic heterocycles. The number of carboxylic acid groups (broad SMARTS) is 1. The van der Waals surface area contributed by atoms with E-state index < -0.39 is 12.0 Å². The van der Waals surface area contributed by atoms with Crippen molar-refractivity contribution in [1.29, 1.82) is 0 Å². The molecule has 0 saturated carbocycles. The highest BCUT2D eigenvalue weighted by molar-refractivity contribution is 5.76. The van der Waals surface area contributed by atoms with Gasteiger partial charge in [-0.3, -0.25) is 19.2 Å². The minimum absolute atomic E-state index is 0.0221. The largest absolute Gasteiger partial charge is 0.497 e. The first-order valence-corrected chi connectivity index (χ1v) is 8.85. The first kappa shape index (κ1) is 18.9. The lowest BCUT2D eigenvalue weighted by Gasteiger charge is -2.37. The maximum absolute atomic E-state index is 11.9. The highest BCUT2D eigenvalue weighted by Crippen LogP contribution is 2.23. The highest BCUT2D eigenvalue weighted by atomic mass is 16.5. The van der Waals surface area contributed by atoms with E-state index in [1.54, 1.807) is 29.1 Å². The molecule has 1 N–H and O–H groups in total. The van der Waals surface area contributed by atoms with E-state index in [-0.39, 0.29) is 5.91 Å². The predicted octanol–water partition coefficient (Wildman–Crippen LogP) is 1.23. The average Bonchev–Trinajstić information content (AvgIpc) is 3.10. The number of methoxy groups -OCH3 is 1. The summed E-state index contributed by atoms with van der Waals surface area (Å²) in [5.41, 5.74) is 1.69. The van der Waals surface area contributed by atoms with Crippen LogP contribution in [0.5, 0.6) is 5.75 Å². The molecule has 3 rings (SSSR count). The number of benzene rings is 1. The molecule has 0 radical (unpaired) electrons. The summed E-state index contributed by atoms with van der Waals surface area (Å²) in [6.07, 6.45) is 3.39. The topological polar surface area (TPSA) is 87.9 Å². The standard InChI is InChI=1S/C19H24N4O4/c1-14(24)21-7-9-22(10-8-21)18(19(25)26)16-11-20-23(13-16)12-15-3-5-17(27-2)6-4-15/h3-6,11,13,18H,7-10,12H2,1-2H3,(H,25,26)/t18-/m0/s1. The van der Waals surface area contributed by atoms with Crippen molar-refractivity contribution in [3.8, 4) is 5.75 Å². The van der Waals surface area contributed by atoms with Gasteiger partial charge in [0.15, 0.2) is 0 Å². The van der Waals surface area contributed by atoms with Gasteiger partial charge in [0.2, 0.25) is 5.91 Å². The van der Waals surface area contributed by atoms with E-state index in [4.69, 9.17) is 4.74 Å². The molecule has 1 aromatic heterocycles. The SMILES string of the molecule is COc1ccc(Cn2cc([C@@H](C(=O)O)N3CCN(C(C)=O)CC3)cn2)cc1. The van der Waals surface area contributed by atoms with Gasteiger partial charge in [0, 0.05) is 44.9 Å². The van der Waals surface area contributed by atoms with Crippen LogP contribution in [0.15, 0.2) is 36.7 Å². The number of carboxylic acids is 1. The van der Waals surface area contributed by atoms with Gasteiger partial charge in [-0.1, -0.05) is 12.1 Å². The monoisotopic (exact) mass is 372 g/mol. The number of rotatable bonds is 6. The smallest absolute Gasteiger partial charge is 0.325 e. The lowest BCUT2D eigenvalue weighted by atomic mass is 10.1. The van der Waals surface area contributed by atoms with E-state index in [2.05, 4.69) is 5.10 Å². The van der Waals surface area contributed by atoms with Crippen LogP contribution in [0.25, 0.3) is 0 Å². The molecule has 1 fully saturated rings. The van der Waals surface area contributed by atoms with Crippen LogP contribution in [-0.2, 0) is 16.1 Å². The van der Waals surface area contributed by atoms with Crippen molar-refractivity contribution >= 4 is 11.9 Å². The fourth-order valence-electron chi connectivity index (χ4n) is 3.33. The Bertz CT molecular complexity index is 794. The van der Waals surface area contributed by atoms with Crippen LogP contribution in [0.2, 0.25) is 0 Å². The summed E-state index contributed by atoms with van der Waals surface area (Å²) in [6, 6.07) is 6.91. The normalized spacial score (nSPS) is 16.1. The number of piperazine rings is 1. The number of hydrogen-bond acceptors (Lipinski definition) is 5. The molecule has 1 aliphatic rings. The Balaban J connectivity index is 1.70. The number of carbonyl (C=O) groups excluding carboxylic acids is 1. The van der Waals surface area contributed by atoms with Gasteiger partial charge in [-0.25, -0.2) is 0 Å². The zero-order valence-corrected chi connectivity index (χ0v) is 15.5. The van der Waals surface area contributed by atoms with Crippen LogP contribution in [0.1, 0.15) is 24.1 Å². The van der Waals surface area contributed by atoms with Crippen LogP contribution in [0.4, 0.5) is 0 Å². The Morgan fingerprint density at radius 1 is 1.19 bits per heavy atom. The quantitative estimate of drug-likeness (QED) is 0.821. The molecule has 2 heterocycles. The number of carbonyl (C=O) groups is 2. The number of aliphatic carboxylic acids is 1. The van der Waals surface area contributed by atoms with Gasteiger partial charge < -0.3 is 14.7 Å². The molecule has 27 heavy (non-hydrogen) atoms. The Labute approximate surface area is 157 Å². The van der Waals surface area contributed by atoms with Gasteiger partial charge in [0.1, 0.15) is 11.8 Å². The molecular formula is C19H24N4O4. The van der Waals surface area contributed by atoms with E-state index in [1.807, 2.05) is 29.2 Å². The van der Waals surface area contributed by atoms with Gasteiger partial charge in [-0.05, 0) is 17.7 Å². The minimum atomic E-state index is -0.907. The average molecular weight is 372 g/mol. The Kier molecular flexibility index (Phi) is 5.75. The molecule has 1 aromatic carbocycles. The van der Waals surface area contributed by atoms with E-state index in [0.29, 0.717) is 38.3 Å². The van der Waals surface area contributed by atoms with Crippen LogP contribution in [-0.4, -0.2) is 69.9 Å². The third kappa shape index (κ3) is 4.46. The number of hydrogen-bond donors (Lipinski definition) is 1. The third-order valence-electron chi connectivity index (χ3n) is 4.83. The number of amides is 1. The van der Waals surface area contributed by atoms with Crippen molar-refractivity contribution in [3.63, 3.8) is 0 Å². The van der Waals surface area contributed by atoms with E-state index in [1.165, 1.54) is 6.92 Å². The molecule has 0 unspecified atom stereocenters. The summed E-state index contributed by atoms with van der Waals surface area (Å²) in [6.45, 7) is 4.22. The summed E-state index contributed by atoms with van der Waals surface area (Å²) in [7, 11) is 1.62. The number of aromatic nitrogens is 2. The summed E-state index contributed by atoms with van der Waals surface area (Å²) in [5, 5.41) is 14.1. The molecule has 8 nitrogen and oxygen atoms in total. The van der Waals surface area contributed by atoms with Gasteiger partial charge in [-0.2, -0.15) is 5.10 Å². The Hall–Kier alpha value is -2.87. The molecule has 8 heteroatoms. The zero-order valence-electron chi connectivity index (χ0n) is 15.5. The van der Waals surface area contributed by atoms with Crippen molar-refractivity contribution in [1.82, 2.24) is 19.6 Å². The second-order valence-electron chi connectivity index (χ2n) is 6.60. The lowest BCUT2D eigenvalue weighted by Crippen LogP contribution is -2.50. The van der Waals surface area contributed by atoms with Crippen LogP contribution in [0.3, 0.4) is 0 Å². The Morgan fingerprint density at radius 2 is 1.85 bits per heavy atom. The van der Waals surface area contributed by atoms with Gasteiger partial charge >= 0.3 is 5.97 Å². The zero-order chi connectivity index (χ0) is 19.4. The second kappa shape index (κ2) is 8.22. The van der Waals surface area contributed by atoms with Crippen molar-refractivity contribution in [2.45, 2.75) is 19.5 Å². The molecule has 0 bridgehead atoms. The molecule has 1 atom stereocenters. The maximum atomic E-state index is 11.9. The van der Waals surface area contributed by atoms with Gasteiger partial charge in [0.05, 0.1) is 19.9 Å². The highest BCUT2D eigenvalue weighted by Gasteiger charge is 2.31. The van der Waals surface area contributed by atoms with Gasteiger partial charge in [-0.15, -0.1) is 0 Å². The molecule has 144 valence electrons. The summed E-state index contributed by atoms with van der Waals surface area (Å²) < 4.78 is 6.89. The molecular weight excluding hydrogens is 348 g/mol. The number of nitrogens with zero attached hydrogens (tertiary/aromatic N) is 4. The molecule has 0 spiro atoms. The van der Waals surface area contributed by atoms with E-state index in [0.717, 1.165) is 11.3 Å². The molecule has 1 saturated heterocycles. The van der Waals surface area contributed by atoms with E-state index in [9.17, 15) is 14.7 Å². The van der Waals surface area contributed by atoms with Crippen LogP contribution in [0, 0.1) is 0 Å². The predicted molar refractivity (Wildman–Crippen MR) is 98.5 cm³/mol. The first-order chi connectivity index (χ1) is 13.0. The lowest BCUT2D eigenvalue weighted by molar-refractivity contribution is -0.145. The van der Waals surface area contributed by atoms with Crippen LogP contribution >= 0.6 is 0 Å². The third-order valence-corrected chi connectivity index (χ3v) is 4.83. The van der Waals surface area contributed by atoms with Gasteiger partial charge in [0.25, 0.3) is 0 Å². The maximum Gasteiger partial charge on any atom is 0.325 e. The fraction of sp³-hybridized carbons (Fsp3) is 0.421.